The van der Waals surface area contributed by atoms with E-state index in [1.54, 1.807) is 45.0 Å². The van der Waals surface area contributed by atoms with Gasteiger partial charge in [0.15, 0.2) is 5.01 Å². The summed E-state index contributed by atoms with van der Waals surface area (Å²) in [5.74, 6) is -0.307. The number of rotatable bonds is 7. The number of benzene rings is 2. The molecule has 2 aromatic carbocycles. The number of amides is 2. The van der Waals surface area contributed by atoms with Crippen LogP contribution >= 0.6 is 11.3 Å². The van der Waals surface area contributed by atoms with Gasteiger partial charge in [-0.05, 0) is 74.1 Å². The highest BCUT2D eigenvalue weighted by Crippen LogP contribution is 2.34. The average Bonchev–Trinajstić information content (AvgIpc) is 3.42. The van der Waals surface area contributed by atoms with Crippen molar-refractivity contribution in [2.24, 2.45) is 0 Å². The number of alkyl halides is 3. The molecule has 0 fully saturated rings. The number of halogens is 3. The van der Waals surface area contributed by atoms with E-state index in [2.05, 4.69) is 15.6 Å². The minimum absolute atomic E-state index is 0.0175. The summed E-state index contributed by atoms with van der Waals surface area (Å²) in [7, 11) is 0. The lowest BCUT2D eigenvalue weighted by Crippen LogP contribution is -2.32. The molecule has 2 heterocycles. The van der Waals surface area contributed by atoms with Gasteiger partial charge >= 0.3 is 12.3 Å². The molecule has 4 rings (SSSR count). The van der Waals surface area contributed by atoms with Crippen LogP contribution in [0.3, 0.4) is 0 Å². The molecule has 1 aromatic heterocycles. The molecule has 1 aliphatic heterocycles. The van der Waals surface area contributed by atoms with Crippen molar-refractivity contribution in [2.75, 3.05) is 13.2 Å². The number of alkyl carbamates (subject to hydrolysis) is 1. The second kappa shape index (κ2) is 12.4. The van der Waals surface area contributed by atoms with Crippen LogP contribution in [0.4, 0.5) is 18.0 Å². The molecule has 0 saturated carbocycles. The minimum Gasteiger partial charge on any atom is -0.444 e. The maximum Gasteiger partial charge on any atom is 0.416 e. The lowest BCUT2D eigenvalue weighted by atomic mass is 9.95. The first-order valence-electron chi connectivity index (χ1n) is 13.1. The highest BCUT2D eigenvalue weighted by molar-refractivity contribution is 7.11. The molecule has 2 amide bonds. The molecule has 0 radical (unpaired) electrons. The Kier molecular flexibility index (Phi) is 9.18. The minimum atomic E-state index is -4.53. The zero-order valence-electron chi connectivity index (χ0n) is 23.2. The zero-order valence-corrected chi connectivity index (χ0v) is 24.0. The largest absolute Gasteiger partial charge is 0.444 e. The van der Waals surface area contributed by atoms with Crippen LogP contribution in [0.25, 0.3) is 16.7 Å². The first kappa shape index (κ1) is 30.3. The summed E-state index contributed by atoms with van der Waals surface area (Å²) in [5, 5.41) is 7.75. The van der Waals surface area contributed by atoms with Gasteiger partial charge in [-0.25, -0.2) is 9.78 Å². The number of hydrogen-bond acceptors (Lipinski definition) is 6. The van der Waals surface area contributed by atoms with Gasteiger partial charge in [-0.1, -0.05) is 36.4 Å². The number of nitrogens with one attached hydrogen (secondary N) is 2. The van der Waals surface area contributed by atoms with E-state index in [0.717, 1.165) is 35.4 Å². The number of carbonyl (C=O) groups excluding carboxylic acids is 2. The van der Waals surface area contributed by atoms with Crippen molar-refractivity contribution in [2.45, 2.75) is 58.5 Å². The smallest absolute Gasteiger partial charge is 0.416 e. The van der Waals surface area contributed by atoms with Gasteiger partial charge in [0, 0.05) is 11.9 Å². The van der Waals surface area contributed by atoms with Crippen molar-refractivity contribution in [3.05, 3.63) is 81.3 Å². The van der Waals surface area contributed by atoms with Crippen LogP contribution in [0, 0.1) is 0 Å². The molecule has 1 atom stereocenters. The Morgan fingerprint density at radius 3 is 2.49 bits per heavy atom. The fraction of sp³-hybridized carbons (Fsp3) is 0.367. The topological polar surface area (TPSA) is 89.5 Å². The molecule has 0 saturated heterocycles. The van der Waals surface area contributed by atoms with Crippen LogP contribution in [0.5, 0.6) is 0 Å². The van der Waals surface area contributed by atoms with E-state index in [-0.39, 0.29) is 18.5 Å². The van der Waals surface area contributed by atoms with Crippen LogP contribution in [0.2, 0.25) is 0 Å². The Balaban J connectivity index is 1.49. The van der Waals surface area contributed by atoms with Gasteiger partial charge in [-0.3, -0.25) is 4.79 Å². The van der Waals surface area contributed by atoms with Gasteiger partial charge in [0.2, 0.25) is 0 Å². The standard InChI is InChI=1S/C30H32F3N3O4S/c1-18(35-26(37)27-36-25(17-41-27)21-11-13-39-14-12-21)19-5-7-20(8-6-19)24-15-23(30(31,32)33)10-9-22(24)16-34-28(38)40-29(2,3)4/h5-11,15,17-18H,12-14,16H2,1-4H3,(H,34,38)(H,35,37)/t18-/m1/s1. The monoisotopic (exact) mass is 587 g/mol. The summed E-state index contributed by atoms with van der Waals surface area (Å²) in [6, 6.07) is 9.95. The molecular formula is C30H32F3N3O4S. The fourth-order valence-corrected chi connectivity index (χ4v) is 4.98. The van der Waals surface area contributed by atoms with Gasteiger partial charge in [-0.2, -0.15) is 13.2 Å². The van der Waals surface area contributed by atoms with Crippen LogP contribution in [0.15, 0.2) is 53.9 Å². The summed E-state index contributed by atoms with van der Waals surface area (Å²) in [5.41, 5.74) is 2.47. The van der Waals surface area contributed by atoms with Crippen LogP contribution < -0.4 is 10.6 Å². The van der Waals surface area contributed by atoms with Gasteiger partial charge in [0.1, 0.15) is 5.60 Å². The number of nitrogens with zero attached hydrogens (tertiary/aromatic N) is 1. The predicted molar refractivity (Wildman–Crippen MR) is 151 cm³/mol. The van der Waals surface area contributed by atoms with Gasteiger partial charge < -0.3 is 20.1 Å². The Bertz CT molecular complexity index is 1430. The summed E-state index contributed by atoms with van der Waals surface area (Å²) in [6.07, 6.45) is -2.48. The maximum atomic E-state index is 13.5. The Morgan fingerprint density at radius 2 is 1.85 bits per heavy atom. The van der Waals surface area contributed by atoms with Crippen LogP contribution in [-0.4, -0.2) is 35.8 Å². The molecule has 0 aliphatic carbocycles. The first-order valence-corrected chi connectivity index (χ1v) is 14.0. The first-order chi connectivity index (χ1) is 19.3. The fourth-order valence-electron chi connectivity index (χ4n) is 4.24. The van der Waals surface area contributed by atoms with E-state index < -0.39 is 23.4 Å². The van der Waals surface area contributed by atoms with E-state index in [4.69, 9.17) is 9.47 Å². The van der Waals surface area contributed by atoms with Gasteiger partial charge in [-0.15, -0.1) is 11.3 Å². The van der Waals surface area contributed by atoms with Crippen molar-refractivity contribution in [3.8, 4) is 11.1 Å². The van der Waals surface area contributed by atoms with E-state index in [1.165, 1.54) is 17.4 Å². The van der Waals surface area contributed by atoms with Crippen LogP contribution in [0.1, 0.15) is 72.3 Å². The van der Waals surface area contributed by atoms with E-state index in [1.807, 2.05) is 18.4 Å². The lowest BCUT2D eigenvalue weighted by molar-refractivity contribution is -0.137. The Morgan fingerprint density at radius 1 is 1.12 bits per heavy atom. The maximum absolute atomic E-state index is 13.5. The average molecular weight is 588 g/mol. The van der Waals surface area contributed by atoms with Gasteiger partial charge in [0.05, 0.1) is 30.5 Å². The third-order valence-corrected chi connectivity index (χ3v) is 7.16. The molecule has 218 valence electrons. The highest BCUT2D eigenvalue weighted by Gasteiger charge is 2.31. The van der Waals surface area contributed by atoms with Crippen molar-refractivity contribution in [1.29, 1.82) is 0 Å². The van der Waals surface area contributed by atoms with E-state index >= 15 is 0 Å². The lowest BCUT2D eigenvalue weighted by Gasteiger charge is -2.20. The second-order valence-corrected chi connectivity index (χ2v) is 11.5. The summed E-state index contributed by atoms with van der Waals surface area (Å²) in [6.45, 7) is 8.13. The number of thiazole rings is 1. The molecule has 1 aliphatic rings. The molecule has 0 spiro atoms. The zero-order chi connectivity index (χ0) is 29.8. The third kappa shape index (κ3) is 8.17. The summed E-state index contributed by atoms with van der Waals surface area (Å²) >= 11 is 1.27. The number of hydrogen-bond donors (Lipinski definition) is 2. The molecule has 3 aromatic rings. The van der Waals surface area contributed by atoms with Crippen molar-refractivity contribution < 1.29 is 32.2 Å². The van der Waals surface area contributed by atoms with Crippen LogP contribution in [-0.2, 0) is 22.2 Å². The van der Waals surface area contributed by atoms with Gasteiger partial charge in [0.25, 0.3) is 5.91 Å². The second-order valence-electron chi connectivity index (χ2n) is 10.6. The Labute approximate surface area is 240 Å². The van der Waals surface area contributed by atoms with E-state index in [0.29, 0.717) is 34.9 Å². The molecule has 41 heavy (non-hydrogen) atoms. The molecule has 7 nitrogen and oxygen atoms in total. The quantitative estimate of drug-likeness (QED) is 0.307. The molecule has 0 unspecified atom stereocenters. The number of carbonyl (C=O) groups is 2. The SMILES string of the molecule is C[C@@H](NC(=O)c1nc(C2=CCOCC2)cs1)c1ccc(-c2cc(C(F)(F)F)ccc2CNC(=O)OC(C)(C)C)cc1. The Hall–Kier alpha value is -3.70. The summed E-state index contributed by atoms with van der Waals surface area (Å²) in [4.78, 5) is 29.5. The molecule has 11 heteroatoms. The predicted octanol–water partition coefficient (Wildman–Crippen LogP) is 7.15. The molecular weight excluding hydrogens is 555 g/mol. The molecule has 2 N–H and O–H groups in total. The number of aromatic nitrogens is 1. The van der Waals surface area contributed by atoms with Crippen molar-refractivity contribution in [1.82, 2.24) is 15.6 Å². The molecule has 0 bridgehead atoms. The highest BCUT2D eigenvalue weighted by atomic mass is 32.1. The third-order valence-electron chi connectivity index (χ3n) is 6.32. The van der Waals surface area contributed by atoms with E-state index in [9.17, 15) is 22.8 Å². The number of ether oxygens (including phenoxy) is 2. The van der Waals surface area contributed by atoms with Crippen molar-refractivity contribution >= 4 is 28.9 Å². The van der Waals surface area contributed by atoms with Crippen molar-refractivity contribution in [3.63, 3.8) is 0 Å². The normalized spacial score (nSPS) is 14.7. The summed E-state index contributed by atoms with van der Waals surface area (Å²) < 4.78 is 51.1.